The molecule has 0 spiro atoms. The van der Waals surface area contributed by atoms with Crippen LogP contribution in [-0.4, -0.2) is 40.0 Å². The van der Waals surface area contributed by atoms with Gasteiger partial charge in [-0.05, 0) is 15.8 Å². The second-order valence-corrected chi connectivity index (χ2v) is 16.1. The van der Waals surface area contributed by atoms with E-state index in [-0.39, 0.29) is 15.8 Å². The Morgan fingerprint density at radius 2 is 0.667 bits per heavy atom. The predicted molar refractivity (Wildman–Crippen MR) is 69.7 cm³/mol. The molecule has 0 aromatic rings. The van der Waals surface area contributed by atoms with Gasteiger partial charge in [0, 0.05) is 40.0 Å². The molecular formula is C6H20Cl3P2V+2. The van der Waals surface area contributed by atoms with E-state index in [4.69, 9.17) is 29.5 Å². The van der Waals surface area contributed by atoms with Gasteiger partial charge in [-0.15, -0.1) is 0 Å². The Labute approximate surface area is 97.1 Å². The van der Waals surface area contributed by atoms with Crippen molar-refractivity contribution in [1.82, 2.24) is 0 Å². The number of hydrogen-bond donors (Lipinski definition) is 0. The normalized spacial score (nSPS) is 9.00. The van der Waals surface area contributed by atoms with Gasteiger partial charge in [0.2, 0.25) is 0 Å². The summed E-state index contributed by atoms with van der Waals surface area (Å²) < 4.78 is 0. The van der Waals surface area contributed by atoms with Crippen LogP contribution in [0.1, 0.15) is 0 Å². The molecule has 0 saturated carbocycles. The van der Waals surface area contributed by atoms with Crippen molar-refractivity contribution < 1.29 is 12.3 Å². The molecule has 0 aliphatic carbocycles. The van der Waals surface area contributed by atoms with Crippen molar-refractivity contribution in [3.05, 3.63) is 0 Å². The fourth-order valence-corrected chi connectivity index (χ4v) is 0. The average molecular weight is 311 g/mol. The van der Waals surface area contributed by atoms with Crippen LogP contribution < -0.4 is 0 Å². The van der Waals surface area contributed by atoms with Crippen molar-refractivity contribution in [2.75, 3.05) is 40.0 Å². The molecule has 0 aliphatic rings. The Hall–Kier alpha value is 2.31. The summed E-state index contributed by atoms with van der Waals surface area (Å²) in [5.41, 5.74) is 0. The van der Waals surface area contributed by atoms with Crippen LogP contribution in [0.25, 0.3) is 0 Å². The van der Waals surface area contributed by atoms with E-state index in [2.05, 4.69) is 40.0 Å². The maximum atomic E-state index is 4.95. The molecular weight excluding hydrogens is 291 g/mol. The monoisotopic (exact) mass is 310 g/mol. The zero-order valence-corrected chi connectivity index (χ0v) is 14.2. The molecule has 0 nitrogen and oxygen atoms in total. The van der Waals surface area contributed by atoms with E-state index in [9.17, 15) is 0 Å². The summed E-state index contributed by atoms with van der Waals surface area (Å²) in [6.07, 6.45) is 0. The van der Waals surface area contributed by atoms with Gasteiger partial charge in [0.25, 0.3) is 0 Å². The van der Waals surface area contributed by atoms with Crippen molar-refractivity contribution in [3.63, 3.8) is 0 Å². The van der Waals surface area contributed by atoms with Gasteiger partial charge < -0.3 is 0 Å². The zero-order valence-electron chi connectivity index (χ0n) is 8.58. The molecule has 0 amide bonds. The van der Waals surface area contributed by atoms with Crippen LogP contribution in [0.15, 0.2) is 0 Å². The van der Waals surface area contributed by atoms with Crippen molar-refractivity contribution in [1.29, 1.82) is 0 Å². The quantitative estimate of drug-likeness (QED) is 0.587. The SMILES string of the molecule is C[PH+](C)C.C[PH+](C)C.[Cl][V]([Cl])[Cl]. The summed E-state index contributed by atoms with van der Waals surface area (Å²) in [4.78, 5) is 0. The molecule has 0 N–H and O–H groups in total. The molecule has 0 aliphatic heterocycles. The first-order valence-corrected chi connectivity index (χ1v) is 15.3. The summed E-state index contributed by atoms with van der Waals surface area (Å²) in [7, 11) is 15.1. The second kappa shape index (κ2) is 15.8. The van der Waals surface area contributed by atoms with Crippen LogP contribution >= 0.6 is 45.4 Å². The van der Waals surface area contributed by atoms with E-state index in [1.807, 2.05) is 0 Å². The topological polar surface area (TPSA) is 0 Å². The predicted octanol–water partition coefficient (Wildman–Crippen LogP) is 4.25. The average Bonchev–Trinajstić information content (AvgIpc) is 1.54. The van der Waals surface area contributed by atoms with Gasteiger partial charge in [-0.1, -0.05) is 0 Å². The minimum atomic E-state index is -1.77. The molecule has 12 heavy (non-hydrogen) atoms. The van der Waals surface area contributed by atoms with Gasteiger partial charge in [-0.25, -0.2) is 0 Å². The van der Waals surface area contributed by atoms with Crippen LogP contribution in [0.3, 0.4) is 0 Å². The first kappa shape index (κ1) is 19.8. The first-order chi connectivity index (χ1) is 5.20. The van der Waals surface area contributed by atoms with Gasteiger partial charge in [0.05, 0.1) is 0 Å². The fourth-order valence-electron chi connectivity index (χ4n) is 0. The molecule has 0 aromatic carbocycles. The van der Waals surface area contributed by atoms with Crippen LogP contribution in [0.2, 0.25) is 0 Å². The first-order valence-electron chi connectivity index (χ1n) is 3.51. The molecule has 0 bridgehead atoms. The maximum absolute atomic E-state index is 4.95. The van der Waals surface area contributed by atoms with Crippen LogP contribution in [0.4, 0.5) is 0 Å². The summed E-state index contributed by atoms with van der Waals surface area (Å²) in [5, 5.41) is 0. The van der Waals surface area contributed by atoms with E-state index in [0.717, 1.165) is 0 Å². The zero-order chi connectivity index (χ0) is 10.7. The van der Waals surface area contributed by atoms with Gasteiger partial charge in [0.1, 0.15) is 0 Å². The van der Waals surface area contributed by atoms with Crippen molar-refractivity contribution in [3.8, 4) is 0 Å². The van der Waals surface area contributed by atoms with Crippen LogP contribution in [0.5, 0.6) is 0 Å². The Bertz CT molecular complexity index is 49.3. The standard InChI is InChI=1S/2C3H9P.3ClH.V/c2*1-4(2)3;;;;/h2*1-3H3;3*1H;/q;;;;;+3/p-1. The van der Waals surface area contributed by atoms with E-state index in [1.165, 1.54) is 0 Å². The van der Waals surface area contributed by atoms with Gasteiger partial charge in [-0.3, -0.25) is 0 Å². The van der Waals surface area contributed by atoms with E-state index < -0.39 is 12.3 Å². The number of halogens is 3. The third-order valence-corrected chi connectivity index (χ3v) is 0. The molecule has 0 aromatic heterocycles. The molecule has 0 radical (unpaired) electrons. The summed E-state index contributed by atoms with van der Waals surface area (Å²) in [6.45, 7) is 13.6. The van der Waals surface area contributed by atoms with Crippen molar-refractivity contribution in [2.24, 2.45) is 0 Å². The third kappa shape index (κ3) is 294. The van der Waals surface area contributed by atoms with Gasteiger partial charge in [0.15, 0.2) is 0 Å². The summed E-state index contributed by atoms with van der Waals surface area (Å²) in [5.74, 6) is 0. The van der Waals surface area contributed by atoms with E-state index in [0.29, 0.717) is 0 Å². The fraction of sp³-hybridized carbons (Fsp3) is 1.00. The number of hydrogen-bond acceptors (Lipinski definition) is 0. The molecule has 78 valence electrons. The molecule has 0 rings (SSSR count). The van der Waals surface area contributed by atoms with Crippen LogP contribution in [0, 0.1) is 0 Å². The third-order valence-electron chi connectivity index (χ3n) is 0. The van der Waals surface area contributed by atoms with Gasteiger partial charge in [-0.2, -0.15) is 0 Å². The Morgan fingerprint density at radius 3 is 0.667 bits per heavy atom. The van der Waals surface area contributed by atoms with Gasteiger partial charge >= 0.3 is 41.8 Å². The molecule has 6 heteroatoms. The summed E-state index contributed by atoms with van der Waals surface area (Å²) in [6, 6.07) is 0. The molecule has 0 fully saturated rings. The Kier molecular flexibility index (Phi) is 26.1. The van der Waals surface area contributed by atoms with E-state index in [1.54, 1.807) is 0 Å². The van der Waals surface area contributed by atoms with E-state index >= 15 is 0 Å². The number of rotatable bonds is 0. The molecule has 0 unspecified atom stereocenters. The second-order valence-electron chi connectivity index (χ2n) is 3.19. The van der Waals surface area contributed by atoms with Crippen molar-refractivity contribution in [2.45, 2.75) is 0 Å². The molecule has 0 saturated heterocycles. The summed E-state index contributed by atoms with van der Waals surface area (Å²) >= 11 is -1.77. The molecule has 0 atom stereocenters. The minimum absolute atomic E-state index is 0.120. The van der Waals surface area contributed by atoms with Crippen LogP contribution in [-0.2, 0) is 12.3 Å². The Morgan fingerprint density at radius 1 is 0.667 bits per heavy atom. The molecule has 0 heterocycles. The van der Waals surface area contributed by atoms with Crippen molar-refractivity contribution >= 4 is 45.4 Å². The Balaban J connectivity index is -0.000000101.